The minimum Gasteiger partial charge on any atom is -0.380 e. The Bertz CT molecular complexity index is 597. The highest BCUT2D eigenvalue weighted by atomic mass is 79.9. The van der Waals surface area contributed by atoms with Crippen LogP contribution in [0, 0.1) is 17.0 Å². The SMILES string of the molecule is Cc1ccc(CNc2ccc([N+](=O)[O-])cc2Br)cc1. The third-order valence-electron chi connectivity index (χ3n) is 2.77. The van der Waals surface area contributed by atoms with Crippen molar-refractivity contribution in [1.82, 2.24) is 0 Å². The summed E-state index contributed by atoms with van der Waals surface area (Å²) in [5.74, 6) is 0. The van der Waals surface area contributed by atoms with Crippen LogP contribution in [0.15, 0.2) is 46.9 Å². The molecule has 0 unspecified atom stereocenters. The first-order chi connectivity index (χ1) is 9.06. The number of anilines is 1. The molecule has 0 saturated carbocycles. The molecule has 0 bridgehead atoms. The van der Waals surface area contributed by atoms with Crippen molar-refractivity contribution >= 4 is 27.3 Å². The highest BCUT2D eigenvalue weighted by Gasteiger charge is 2.08. The molecule has 0 radical (unpaired) electrons. The van der Waals surface area contributed by atoms with Crippen LogP contribution in [0.25, 0.3) is 0 Å². The van der Waals surface area contributed by atoms with Gasteiger partial charge in [0.1, 0.15) is 0 Å². The molecule has 0 spiro atoms. The Labute approximate surface area is 119 Å². The van der Waals surface area contributed by atoms with E-state index in [1.165, 1.54) is 17.7 Å². The van der Waals surface area contributed by atoms with E-state index in [1.54, 1.807) is 6.07 Å². The first-order valence-corrected chi connectivity index (χ1v) is 6.59. The van der Waals surface area contributed by atoms with Gasteiger partial charge in [-0.3, -0.25) is 10.1 Å². The van der Waals surface area contributed by atoms with E-state index in [1.807, 2.05) is 6.92 Å². The first-order valence-electron chi connectivity index (χ1n) is 5.79. The van der Waals surface area contributed by atoms with E-state index in [-0.39, 0.29) is 5.69 Å². The third kappa shape index (κ3) is 3.54. The Morgan fingerprint density at radius 1 is 1.21 bits per heavy atom. The number of nitro benzene ring substituents is 1. The molecule has 0 amide bonds. The standard InChI is InChI=1S/C14H13BrN2O2/c1-10-2-4-11(5-3-10)9-16-14-7-6-12(17(18)19)8-13(14)15/h2-8,16H,9H2,1H3. The predicted molar refractivity (Wildman–Crippen MR) is 79.3 cm³/mol. The number of nitrogens with one attached hydrogen (secondary N) is 1. The van der Waals surface area contributed by atoms with Crippen molar-refractivity contribution in [2.24, 2.45) is 0 Å². The largest absolute Gasteiger partial charge is 0.380 e. The van der Waals surface area contributed by atoms with Crippen molar-refractivity contribution in [3.05, 3.63) is 68.2 Å². The van der Waals surface area contributed by atoms with Gasteiger partial charge in [-0.25, -0.2) is 0 Å². The van der Waals surface area contributed by atoms with Gasteiger partial charge in [0.25, 0.3) is 5.69 Å². The normalized spacial score (nSPS) is 10.2. The van der Waals surface area contributed by atoms with Gasteiger partial charge in [0.05, 0.1) is 4.92 Å². The quantitative estimate of drug-likeness (QED) is 0.675. The topological polar surface area (TPSA) is 55.2 Å². The minimum atomic E-state index is -0.408. The fourth-order valence-electron chi connectivity index (χ4n) is 1.66. The molecule has 0 heterocycles. The lowest BCUT2D eigenvalue weighted by atomic mass is 10.1. The van der Waals surface area contributed by atoms with Crippen LogP contribution in [0.1, 0.15) is 11.1 Å². The van der Waals surface area contributed by atoms with Crippen LogP contribution in [0.2, 0.25) is 0 Å². The smallest absolute Gasteiger partial charge is 0.270 e. The van der Waals surface area contributed by atoms with E-state index in [0.717, 1.165) is 11.3 Å². The molecule has 2 aromatic rings. The van der Waals surface area contributed by atoms with Crippen molar-refractivity contribution in [2.75, 3.05) is 5.32 Å². The van der Waals surface area contributed by atoms with E-state index in [4.69, 9.17) is 0 Å². The molecule has 0 aliphatic rings. The van der Waals surface area contributed by atoms with Crippen molar-refractivity contribution in [2.45, 2.75) is 13.5 Å². The Morgan fingerprint density at radius 2 is 1.89 bits per heavy atom. The zero-order valence-corrected chi connectivity index (χ0v) is 12.0. The maximum Gasteiger partial charge on any atom is 0.270 e. The average molecular weight is 321 g/mol. The Kier molecular flexibility index (Phi) is 4.16. The zero-order valence-electron chi connectivity index (χ0n) is 10.4. The second kappa shape index (κ2) is 5.84. The van der Waals surface area contributed by atoms with E-state index in [2.05, 4.69) is 45.5 Å². The summed E-state index contributed by atoms with van der Waals surface area (Å²) in [4.78, 5) is 10.2. The van der Waals surface area contributed by atoms with E-state index < -0.39 is 4.92 Å². The molecule has 1 N–H and O–H groups in total. The first kappa shape index (κ1) is 13.5. The number of rotatable bonds is 4. The molecule has 2 aromatic carbocycles. The summed E-state index contributed by atoms with van der Waals surface area (Å²) in [6.45, 7) is 2.72. The molecular weight excluding hydrogens is 308 g/mol. The Balaban J connectivity index is 2.07. The summed E-state index contributed by atoms with van der Waals surface area (Å²) in [5, 5.41) is 13.9. The Hall–Kier alpha value is -1.88. The molecule has 0 saturated heterocycles. The van der Waals surface area contributed by atoms with E-state index >= 15 is 0 Å². The fourth-order valence-corrected chi connectivity index (χ4v) is 2.17. The molecular formula is C14H13BrN2O2. The van der Waals surface area contributed by atoms with Crippen LogP contribution in [-0.2, 0) is 6.54 Å². The number of aryl methyl sites for hydroxylation is 1. The van der Waals surface area contributed by atoms with Crippen LogP contribution in [0.3, 0.4) is 0 Å². The van der Waals surface area contributed by atoms with Crippen molar-refractivity contribution in [1.29, 1.82) is 0 Å². The maximum absolute atomic E-state index is 10.6. The predicted octanol–water partition coefficient (Wildman–Crippen LogP) is 4.28. The number of non-ortho nitro benzene ring substituents is 1. The summed E-state index contributed by atoms with van der Waals surface area (Å²) in [7, 11) is 0. The molecule has 4 nitrogen and oxygen atoms in total. The molecule has 5 heteroatoms. The van der Waals surface area contributed by atoms with Crippen molar-refractivity contribution < 1.29 is 4.92 Å². The highest BCUT2D eigenvalue weighted by molar-refractivity contribution is 9.10. The van der Waals surface area contributed by atoms with Gasteiger partial charge >= 0.3 is 0 Å². The molecule has 0 aliphatic heterocycles. The molecule has 19 heavy (non-hydrogen) atoms. The molecule has 0 fully saturated rings. The molecule has 0 atom stereocenters. The summed E-state index contributed by atoms with van der Waals surface area (Å²) >= 11 is 3.33. The molecule has 98 valence electrons. The van der Waals surface area contributed by atoms with Gasteiger partial charge in [-0.2, -0.15) is 0 Å². The number of nitrogens with zero attached hydrogens (tertiary/aromatic N) is 1. The van der Waals surface area contributed by atoms with E-state index in [9.17, 15) is 10.1 Å². The van der Waals surface area contributed by atoms with Crippen LogP contribution in [-0.4, -0.2) is 4.92 Å². The second-order valence-electron chi connectivity index (χ2n) is 4.26. The van der Waals surface area contributed by atoms with Gasteiger partial charge in [-0.1, -0.05) is 29.8 Å². The second-order valence-corrected chi connectivity index (χ2v) is 5.11. The van der Waals surface area contributed by atoms with Gasteiger partial charge in [0, 0.05) is 28.8 Å². The maximum atomic E-state index is 10.6. The molecule has 0 aliphatic carbocycles. The van der Waals surface area contributed by atoms with Gasteiger partial charge in [-0.05, 0) is 34.5 Å². The lowest BCUT2D eigenvalue weighted by Gasteiger charge is -2.08. The number of benzene rings is 2. The number of hydrogen-bond acceptors (Lipinski definition) is 3. The number of hydrogen-bond donors (Lipinski definition) is 1. The summed E-state index contributed by atoms with van der Waals surface area (Å²) in [6, 6.07) is 12.9. The van der Waals surface area contributed by atoms with E-state index in [0.29, 0.717) is 11.0 Å². The Morgan fingerprint density at radius 3 is 2.47 bits per heavy atom. The highest BCUT2D eigenvalue weighted by Crippen LogP contribution is 2.27. The minimum absolute atomic E-state index is 0.0766. The fraction of sp³-hybridized carbons (Fsp3) is 0.143. The van der Waals surface area contributed by atoms with Gasteiger partial charge < -0.3 is 5.32 Å². The van der Waals surface area contributed by atoms with Crippen LogP contribution < -0.4 is 5.32 Å². The van der Waals surface area contributed by atoms with Gasteiger partial charge in [0.15, 0.2) is 0 Å². The van der Waals surface area contributed by atoms with Crippen LogP contribution >= 0.6 is 15.9 Å². The third-order valence-corrected chi connectivity index (χ3v) is 3.42. The molecule has 0 aromatic heterocycles. The number of nitro groups is 1. The summed E-state index contributed by atoms with van der Waals surface area (Å²) in [5.41, 5.74) is 3.30. The van der Waals surface area contributed by atoms with Crippen LogP contribution in [0.4, 0.5) is 11.4 Å². The molecule has 2 rings (SSSR count). The van der Waals surface area contributed by atoms with Gasteiger partial charge in [-0.15, -0.1) is 0 Å². The average Bonchev–Trinajstić information content (AvgIpc) is 2.39. The zero-order chi connectivity index (χ0) is 13.8. The van der Waals surface area contributed by atoms with Crippen LogP contribution in [0.5, 0.6) is 0 Å². The number of halogens is 1. The van der Waals surface area contributed by atoms with Gasteiger partial charge in [0.2, 0.25) is 0 Å². The summed E-state index contributed by atoms with van der Waals surface area (Å²) < 4.78 is 0.689. The lowest BCUT2D eigenvalue weighted by Crippen LogP contribution is -2.00. The monoisotopic (exact) mass is 320 g/mol. The lowest BCUT2D eigenvalue weighted by molar-refractivity contribution is -0.384. The van der Waals surface area contributed by atoms with Crippen molar-refractivity contribution in [3.63, 3.8) is 0 Å². The van der Waals surface area contributed by atoms with Crippen molar-refractivity contribution in [3.8, 4) is 0 Å². The summed E-state index contributed by atoms with van der Waals surface area (Å²) in [6.07, 6.45) is 0.